The SMILES string of the molecule is CCN(CC)c1ccc(NC(=O)CN2CCCN(Cc3cccc(OC)c3)S2(=O)=O)c(C)c1. The molecule has 1 fully saturated rings. The summed E-state index contributed by atoms with van der Waals surface area (Å²) in [7, 11) is -2.17. The third-order valence-corrected chi connectivity index (χ3v) is 7.82. The minimum Gasteiger partial charge on any atom is -0.497 e. The Bertz CT molecular complexity index is 1070. The van der Waals surface area contributed by atoms with Gasteiger partial charge in [0.15, 0.2) is 0 Å². The third kappa shape index (κ3) is 6.04. The summed E-state index contributed by atoms with van der Waals surface area (Å²) in [6, 6.07) is 13.2. The van der Waals surface area contributed by atoms with Crippen molar-refractivity contribution >= 4 is 27.5 Å². The van der Waals surface area contributed by atoms with Crippen LogP contribution < -0.4 is 15.0 Å². The van der Waals surface area contributed by atoms with Gasteiger partial charge in [-0.3, -0.25) is 4.79 Å². The number of anilines is 2. The van der Waals surface area contributed by atoms with Gasteiger partial charge in [0, 0.05) is 44.1 Å². The average molecular weight is 475 g/mol. The van der Waals surface area contributed by atoms with Gasteiger partial charge in [0.05, 0.1) is 13.7 Å². The molecule has 0 spiro atoms. The van der Waals surface area contributed by atoms with Gasteiger partial charge in [-0.25, -0.2) is 0 Å². The summed E-state index contributed by atoms with van der Waals surface area (Å²) in [5.41, 5.74) is 3.57. The Kier molecular flexibility index (Phi) is 8.34. The zero-order chi connectivity index (χ0) is 24.0. The number of nitrogens with one attached hydrogen (secondary N) is 1. The summed E-state index contributed by atoms with van der Waals surface area (Å²) in [6.45, 7) is 8.72. The van der Waals surface area contributed by atoms with Crippen LogP contribution in [0.2, 0.25) is 0 Å². The monoisotopic (exact) mass is 474 g/mol. The van der Waals surface area contributed by atoms with Crippen LogP contribution in [0.15, 0.2) is 42.5 Å². The first-order valence-electron chi connectivity index (χ1n) is 11.3. The summed E-state index contributed by atoms with van der Waals surface area (Å²) in [4.78, 5) is 15.0. The fourth-order valence-electron chi connectivity index (χ4n) is 4.04. The van der Waals surface area contributed by atoms with Gasteiger partial charge < -0.3 is 15.0 Å². The maximum atomic E-state index is 13.1. The van der Waals surface area contributed by atoms with Crippen molar-refractivity contribution in [1.82, 2.24) is 8.61 Å². The zero-order valence-corrected chi connectivity index (χ0v) is 20.7. The molecule has 180 valence electrons. The van der Waals surface area contributed by atoms with E-state index in [1.165, 1.54) is 8.61 Å². The van der Waals surface area contributed by atoms with Gasteiger partial charge >= 0.3 is 0 Å². The summed E-state index contributed by atoms with van der Waals surface area (Å²) < 4.78 is 34.2. The number of carbonyl (C=O) groups is 1. The first-order chi connectivity index (χ1) is 15.8. The topological polar surface area (TPSA) is 82.2 Å². The van der Waals surface area contributed by atoms with Crippen molar-refractivity contribution in [3.8, 4) is 5.75 Å². The predicted octanol–water partition coefficient (Wildman–Crippen LogP) is 3.24. The molecule has 1 heterocycles. The first-order valence-corrected chi connectivity index (χ1v) is 12.7. The fourth-order valence-corrected chi connectivity index (χ4v) is 5.68. The molecule has 1 amide bonds. The van der Waals surface area contributed by atoms with Crippen LogP contribution >= 0.6 is 0 Å². The number of ether oxygens (including phenoxy) is 1. The number of methoxy groups -OCH3 is 1. The van der Waals surface area contributed by atoms with E-state index in [0.717, 1.165) is 29.9 Å². The smallest absolute Gasteiger partial charge is 0.282 e. The standard InChI is InChI=1S/C24H34N4O4S/c1-5-26(6-2)21-11-12-23(19(3)15-21)25-24(29)18-28-14-8-13-27(33(28,30)31)17-20-9-7-10-22(16-20)32-4/h7,9-12,15-16H,5-6,8,13-14,17-18H2,1-4H3,(H,25,29). The second-order valence-electron chi connectivity index (χ2n) is 8.10. The predicted molar refractivity (Wildman–Crippen MR) is 132 cm³/mol. The van der Waals surface area contributed by atoms with E-state index in [1.54, 1.807) is 7.11 Å². The Morgan fingerprint density at radius 2 is 1.82 bits per heavy atom. The average Bonchev–Trinajstić information content (AvgIpc) is 2.79. The van der Waals surface area contributed by atoms with Crippen LogP contribution in [0, 0.1) is 6.92 Å². The van der Waals surface area contributed by atoms with E-state index >= 15 is 0 Å². The molecule has 0 bridgehead atoms. The number of nitrogens with zero attached hydrogens (tertiary/aromatic N) is 3. The molecule has 9 heteroatoms. The largest absolute Gasteiger partial charge is 0.497 e. The number of hydrogen-bond donors (Lipinski definition) is 1. The van der Waals surface area contributed by atoms with Crippen molar-refractivity contribution in [3.05, 3.63) is 53.6 Å². The molecule has 2 aromatic carbocycles. The van der Waals surface area contributed by atoms with Crippen molar-refractivity contribution in [2.24, 2.45) is 0 Å². The molecule has 1 saturated heterocycles. The fraction of sp³-hybridized carbons (Fsp3) is 0.458. The van der Waals surface area contributed by atoms with E-state index < -0.39 is 10.2 Å². The molecule has 1 aliphatic heterocycles. The van der Waals surface area contributed by atoms with Gasteiger partial charge in [-0.15, -0.1) is 0 Å². The molecular weight excluding hydrogens is 440 g/mol. The molecule has 0 radical (unpaired) electrons. The van der Waals surface area contributed by atoms with Crippen LogP contribution in [0.25, 0.3) is 0 Å². The number of amides is 1. The van der Waals surface area contributed by atoms with Crippen molar-refractivity contribution in [3.63, 3.8) is 0 Å². The highest BCUT2D eigenvalue weighted by Gasteiger charge is 2.34. The second kappa shape index (κ2) is 11.0. The van der Waals surface area contributed by atoms with Gasteiger partial charge in [-0.2, -0.15) is 17.0 Å². The molecule has 2 aromatic rings. The lowest BCUT2D eigenvalue weighted by Crippen LogP contribution is -2.51. The van der Waals surface area contributed by atoms with E-state index in [0.29, 0.717) is 30.9 Å². The lowest BCUT2D eigenvalue weighted by molar-refractivity contribution is -0.116. The highest BCUT2D eigenvalue weighted by Crippen LogP contribution is 2.24. The van der Waals surface area contributed by atoms with Crippen LogP contribution in [0.4, 0.5) is 11.4 Å². The molecule has 33 heavy (non-hydrogen) atoms. The number of benzene rings is 2. The minimum absolute atomic E-state index is 0.214. The van der Waals surface area contributed by atoms with Crippen LogP contribution in [0.1, 0.15) is 31.4 Å². The number of carbonyl (C=O) groups excluding carboxylic acids is 1. The first kappa shape index (κ1) is 25.0. The van der Waals surface area contributed by atoms with E-state index in [9.17, 15) is 13.2 Å². The summed E-state index contributed by atoms with van der Waals surface area (Å²) >= 11 is 0. The van der Waals surface area contributed by atoms with E-state index in [1.807, 2.05) is 49.4 Å². The summed E-state index contributed by atoms with van der Waals surface area (Å²) in [5, 5.41) is 2.88. The van der Waals surface area contributed by atoms with Gasteiger partial charge in [-0.1, -0.05) is 12.1 Å². The molecule has 8 nitrogen and oxygen atoms in total. The lowest BCUT2D eigenvalue weighted by Gasteiger charge is -2.34. The number of aryl methyl sites for hydroxylation is 1. The Hall–Kier alpha value is -2.62. The van der Waals surface area contributed by atoms with Crippen molar-refractivity contribution in [2.45, 2.75) is 33.7 Å². The quantitative estimate of drug-likeness (QED) is 0.603. The van der Waals surface area contributed by atoms with Gasteiger partial charge in [0.1, 0.15) is 5.75 Å². The zero-order valence-electron chi connectivity index (χ0n) is 19.9. The third-order valence-electron chi connectivity index (χ3n) is 5.89. The van der Waals surface area contributed by atoms with Gasteiger partial charge in [-0.05, 0) is 68.7 Å². The molecule has 0 aliphatic carbocycles. The molecule has 1 N–H and O–H groups in total. The molecule has 0 unspecified atom stereocenters. The summed E-state index contributed by atoms with van der Waals surface area (Å²) in [5.74, 6) is 0.334. The van der Waals surface area contributed by atoms with E-state index in [4.69, 9.17) is 4.74 Å². The van der Waals surface area contributed by atoms with Crippen molar-refractivity contribution in [1.29, 1.82) is 0 Å². The normalized spacial score (nSPS) is 16.4. The van der Waals surface area contributed by atoms with E-state index in [-0.39, 0.29) is 19.0 Å². The van der Waals surface area contributed by atoms with Crippen LogP contribution in [-0.2, 0) is 21.5 Å². The maximum Gasteiger partial charge on any atom is 0.282 e. The Morgan fingerprint density at radius 1 is 1.09 bits per heavy atom. The Balaban J connectivity index is 1.66. The highest BCUT2D eigenvalue weighted by atomic mass is 32.2. The second-order valence-corrected chi connectivity index (χ2v) is 10.0. The molecule has 0 aromatic heterocycles. The minimum atomic E-state index is -3.75. The lowest BCUT2D eigenvalue weighted by atomic mass is 10.1. The van der Waals surface area contributed by atoms with Crippen LogP contribution in [0.3, 0.4) is 0 Å². The molecule has 0 saturated carbocycles. The molecular formula is C24H34N4O4S. The van der Waals surface area contributed by atoms with Crippen molar-refractivity contribution in [2.75, 3.05) is 50.1 Å². The van der Waals surface area contributed by atoms with Gasteiger partial charge in [0.25, 0.3) is 10.2 Å². The van der Waals surface area contributed by atoms with Crippen LogP contribution in [0.5, 0.6) is 5.75 Å². The van der Waals surface area contributed by atoms with Crippen LogP contribution in [-0.4, -0.2) is 62.8 Å². The highest BCUT2D eigenvalue weighted by molar-refractivity contribution is 7.86. The summed E-state index contributed by atoms with van der Waals surface area (Å²) in [6.07, 6.45) is 0.661. The van der Waals surface area contributed by atoms with E-state index in [2.05, 4.69) is 24.1 Å². The van der Waals surface area contributed by atoms with Gasteiger partial charge in [0.2, 0.25) is 5.91 Å². The molecule has 3 rings (SSSR count). The van der Waals surface area contributed by atoms with Crippen molar-refractivity contribution < 1.29 is 17.9 Å². The Labute approximate surface area is 197 Å². The number of rotatable bonds is 9. The number of hydrogen-bond acceptors (Lipinski definition) is 5. The molecule has 0 atom stereocenters. The Morgan fingerprint density at radius 3 is 2.48 bits per heavy atom. The maximum absolute atomic E-state index is 13.1. The molecule has 1 aliphatic rings.